The summed E-state index contributed by atoms with van der Waals surface area (Å²) in [4.78, 5) is 0. The average Bonchev–Trinajstić information content (AvgIpc) is 2.66. The van der Waals surface area contributed by atoms with E-state index >= 15 is 0 Å². The maximum atomic E-state index is 2.41. The maximum Gasteiger partial charge on any atom is -0.0159 e. The van der Waals surface area contributed by atoms with Crippen molar-refractivity contribution < 1.29 is 0 Å². The minimum Gasteiger partial charge on any atom is -0.0617 e. The topological polar surface area (TPSA) is 0 Å². The number of rotatable bonds is 3. The summed E-state index contributed by atoms with van der Waals surface area (Å²) in [6, 6.07) is 7.05. The summed E-state index contributed by atoms with van der Waals surface area (Å²) in [5, 5.41) is 0. The Balaban J connectivity index is 2.40. The van der Waals surface area contributed by atoms with Gasteiger partial charge in [0.2, 0.25) is 0 Å². The van der Waals surface area contributed by atoms with Crippen molar-refractivity contribution >= 4 is 0 Å². The Kier molecular flexibility index (Phi) is 5.07. The molecule has 2 rings (SSSR count). The van der Waals surface area contributed by atoms with Crippen LogP contribution in [0.3, 0.4) is 0 Å². The molecule has 1 aliphatic rings. The van der Waals surface area contributed by atoms with E-state index in [1.54, 1.807) is 16.7 Å². The van der Waals surface area contributed by atoms with Gasteiger partial charge in [0.25, 0.3) is 0 Å². The molecule has 0 radical (unpaired) electrons. The highest BCUT2D eigenvalue weighted by molar-refractivity contribution is 5.41. The predicted molar refractivity (Wildman–Crippen MR) is 85.1 cm³/mol. The SMILES string of the molecule is CC(C)c1cccc(C2CCCCCC2)c1C(C)C. The van der Waals surface area contributed by atoms with Gasteiger partial charge in [0.1, 0.15) is 0 Å². The Morgan fingerprint density at radius 3 is 2.00 bits per heavy atom. The Hall–Kier alpha value is -0.780. The monoisotopic (exact) mass is 258 g/mol. The molecule has 1 saturated carbocycles. The zero-order valence-electron chi connectivity index (χ0n) is 13.2. The van der Waals surface area contributed by atoms with Gasteiger partial charge in [-0.05, 0) is 47.3 Å². The van der Waals surface area contributed by atoms with Crippen molar-refractivity contribution in [2.24, 2.45) is 0 Å². The van der Waals surface area contributed by atoms with Gasteiger partial charge < -0.3 is 0 Å². The van der Waals surface area contributed by atoms with E-state index in [9.17, 15) is 0 Å². The van der Waals surface area contributed by atoms with E-state index in [1.165, 1.54) is 38.5 Å². The van der Waals surface area contributed by atoms with E-state index in [4.69, 9.17) is 0 Å². The highest BCUT2D eigenvalue weighted by Crippen LogP contribution is 2.38. The van der Waals surface area contributed by atoms with E-state index in [0.717, 1.165) is 5.92 Å². The molecule has 1 aliphatic carbocycles. The summed E-state index contributed by atoms with van der Waals surface area (Å²) in [6.45, 7) is 9.39. The average molecular weight is 258 g/mol. The second kappa shape index (κ2) is 6.59. The van der Waals surface area contributed by atoms with Gasteiger partial charge in [-0.1, -0.05) is 71.6 Å². The molecule has 0 unspecified atom stereocenters. The standard InChI is InChI=1S/C19H30/c1-14(2)17-12-9-13-18(19(17)15(3)4)16-10-7-5-6-8-11-16/h9,12-16H,5-8,10-11H2,1-4H3. The molecule has 0 aromatic heterocycles. The van der Waals surface area contributed by atoms with Crippen LogP contribution in [0.4, 0.5) is 0 Å². The van der Waals surface area contributed by atoms with E-state index in [1.807, 2.05) is 0 Å². The third-order valence-electron chi connectivity index (χ3n) is 4.67. The fourth-order valence-electron chi connectivity index (χ4n) is 3.72. The van der Waals surface area contributed by atoms with Crippen LogP contribution in [0.5, 0.6) is 0 Å². The smallest absolute Gasteiger partial charge is 0.0159 e. The molecule has 0 N–H and O–H groups in total. The quantitative estimate of drug-likeness (QED) is 0.552. The first-order chi connectivity index (χ1) is 9.11. The van der Waals surface area contributed by atoms with Crippen molar-refractivity contribution in [3.63, 3.8) is 0 Å². The van der Waals surface area contributed by atoms with Crippen LogP contribution in [-0.2, 0) is 0 Å². The van der Waals surface area contributed by atoms with Crippen molar-refractivity contribution in [3.8, 4) is 0 Å². The van der Waals surface area contributed by atoms with Crippen LogP contribution in [-0.4, -0.2) is 0 Å². The summed E-state index contributed by atoms with van der Waals surface area (Å²) in [5.74, 6) is 2.11. The summed E-state index contributed by atoms with van der Waals surface area (Å²) < 4.78 is 0. The fourth-order valence-corrected chi connectivity index (χ4v) is 3.72. The van der Waals surface area contributed by atoms with Gasteiger partial charge in [-0.3, -0.25) is 0 Å². The van der Waals surface area contributed by atoms with Crippen LogP contribution in [0.15, 0.2) is 18.2 Å². The molecule has 0 aliphatic heterocycles. The lowest BCUT2D eigenvalue weighted by molar-refractivity contribution is 0.580. The molecule has 0 heterocycles. The third kappa shape index (κ3) is 3.41. The van der Waals surface area contributed by atoms with Crippen molar-refractivity contribution in [3.05, 3.63) is 34.9 Å². The fraction of sp³-hybridized carbons (Fsp3) is 0.684. The summed E-state index contributed by atoms with van der Waals surface area (Å²) in [7, 11) is 0. The van der Waals surface area contributed by atoms with Crippen LogP contribution in [0, 0.1) is 0 Å². The van der Waals surface area contributed by atoms with Gasteiger partial charge in [-0.15, -0.1) is 0 Å². The van der Waals surface area contributed by atoms with Gasteiger partial charge in [0, 0.05) is 0 Å². The van der Waals surface area contributed by atoms with E-state index in [2.05, 4.69) is 45.9 Å². The highest BCUT2D eigenvalue weighted by atomic mass is 14.3. The first-order valence-electron chi connectivity index (χ1n) is 8.24. The van der Waals surface area contributed by atoms with Gasteiger partial charge >= 0.3 is 0 Å². The molecule has 0 heteroatoms. The Morgan fingerprint density at radius 1 is 0.842 bits per heavy atom. The summed E-state index contributed by atoms with van der Waals surface area (Å²) in [6.07, 6.45) is 8.54. The molecule has 0 spiro atoms. The second-order valence-corrected chi connectivity index (χ2v) is 6.85. The summed E-state index contributed by atoms with van der Waals surface area (Å²) in [5.41, 5.74) is 4.91. The largest absolute Gasteiger partial charge is 0.0617 e. The molecule has 1 fully saturated rings. The molecule has 0 bridgehead atoms. The van der Waals surface area contributed by atoms with Crippen LogP contribution < -0.4 is 0 Å². The van der Waals surface area contributed by atoms with Gasteiger partial charge in [0.15, 0.2) is 0 Å². The molecule has 19 heavy (non-hydrogen) atoms. The van der Waals surface area contributed by atoms with E-state index in [0.29, 0.717) is 11.8 Å². The second-order valence-electron chi connectivity index (χ2n) is 6.85. The van der Waals surface area contributed by atoms with Crippen molar-refractivity contribution in [1.82, 2.24) is 0 Å². The zero-order valence-corrected chi connectivity index (χ0v) is 13.2. The van der Waals surface area contributed by atoms with Crippen LogP contribution in [0.2, 0.25) is 0 Å². The third-order valence-corrected chi connectivity index (χ3v) is 4.67. The van der Waals surface area contributed by atoms with E-state index in [-0.39, 0.29) is 0 Å². The normalized spacial score (nSPS) is 18.0. The van der Waals surface area contributed by atoms with Crippen LogP contribution >= 0.6 is 0 Å². The molecular formula is C19H30. The zero-order chi connectivity index (χ0) is 13.8. The van der Waals surface area contributed by atoms with Crippen molar-refractivity contribution in [2.45, 2.75) is 84.0 Å². The summed E-state index contributed by atoms with van der Waals surface area (Å²) >= 11 is 0. The first-order valence-corrected chi connectivity index (χ1v) is 8.24. The molecule has 0 saturated heterocycles. The molecule has 106 valence electrons. The molecule has 0 atom stereocenters. The highest BCUT2D eigenvalue weighted by Gasteiger charge is 2.21. The van der Waals surface area contributed by atoms with Crippen LogP contribution in [0.1, 0.15) is 101 Å². The molecule has 0 amide bonds. The minimum absolute atomic E-state index is 0.642. The number of hydrogen-bond acceptors (Lipinski definition) is 0. The van der Waals surface area contributed by atoms with Crippen molar-refractivity contribution in [2.75, 3.05) is 0 Å². The molecule has 1 aromatic carbocycles. The lowest BCUT2D eigenvalue weighted by atomic mass is 9.80. The molecule has 1 aromatic rings. The van der Waals surface area contributed by atoms with Gasteiger partial charge in [0.05, 0.1) is 0 Å². The lowest BCUT2D eigenvalue weighted by Gasteiger charge is -2.25. The Morgan fingerprint density at radius 2 is 1.47 bits per heavy atom. The number of benzene rings is 1. The van der Waals surface area contributed by atoms with Gasteiger partial charge in [-0.25, -0.2) is 0 Å². The Bertz CT molecular complexity index is 392. The molecular weight excluding hydrogens is 228 g/mol. The lowest BCUT2D eigenvalue weighted by Crippen LogP contribution is -2.08. The van der Waals surface area contributed by atoms with Crippen molar-refractivity contribution in [1.29, 1.82) is 0 Å². The van der Waals surface area contributed by atoms with Crippen LogP contribution in [0.25, 0.3) is 0 Å². The van der Waals surface area contributed by atoms with Gasteiger partial charge in [-0.2, -0.15) is 0 Å². The molecule has 0 nitrogen and oxygen atoms in total. The predicted octanol–water partition coefficient (Wildman–Crippen LogP) is 6.37. The number of hydrogen-bond donors (Lipinski definition) is 0. The van der Waals surface area contributed by atoms with E-state index < -0.39 is 0 Å². The first kappa shape index (κ1) is 14.6. The minimum atomic E-state index is 0.642. The maximum absolute atomic E-state index is 2.41. The Labute approximate surface area is 119 Å².